The molecule has 0 fully saturated rings. The van der Waals surface area contributed by atoms with Gasteiger partial charge in [0.15, 0.2) is 0 Å². The first-order chi connectivity index (χ1) is 4.22. The van der Waals surface area contributed by atoms with Crippen molar-refractivity contribution in [2.45, 2.75) is 20.8 Å². The minimum atomic E-state index is 0. The van der Waals surface area contributed by atoms with Gasteiger partial charge in [0.05, 0.1) is 0 Å². The molecule has 0 bridgehead atoms. The van der Waals surface area contributed by atoms with Crippen LogP contribution in [0.3, 0.4) is 0 Å². The Bertz CT molecular complexity index is 196. The molecule has 10 heavy (non-hydrogen) atoms. The summed E-state index contributed by atoms with van der Waals surface area (Å²) < 4.78 is 0. The molecule has 1 rings (SSSR count). The molecule has 0 atom stereocenters. The number of aryl methyl sites for hydroxylation is 2. The van der Waals surface area contributed by atoms with E-state index in [2.05, 4.69) is 39.0 Å². The molecule has 56 valence electrons. The van der Waals surface area contributed by atoms with Crippen LogP contribution in [0.5, 0.6) is 0 Å². The summed E-state index contributed by atoms with van der Waals surface area (Å²) in [5.74, 6) is 0. The van der Waals surface area contributed by atoms with E-state index >= 15 is 0 Å². The lowest BCUT2D eigenvalue weighted by Crippen LogP contribution is -1.82. The Balaban J connectivity index is 0.000000810. The third-order valence-corrected chi connectivity index (χ3v) is 1.88. The average Bonchev–Trinajstić information content (AvgIpc) is 1.83. The fraction of sp³-hybridized carbons (Fsp3) is 0.333. The molecule has 1 aromatic rings. The summed E-state index contributed by atoms with van der Waals surface area (Å²) in [6, 6.07) is 6.38. The monoisotopic (exact) mass is 200 g/mol. The highest BCUT2D eigenvalue weighted by atomic mass is 79.9. The maximum atomic E-state index is 2.16. The summed E-state index contributed by atoms with van der Waals surface area (Å²) in [5.41, 5.74) is 4.18. The molecular weight excluding hydrogens is 188 g/mol. The highest BCUT2D eigenvalue weighted by Crippen LogP contribution is 2.09. The number of benzene rings is 1. The van der Waals surface area contributed by atoms with Crippen LogP contribution in [-0.2, 0) is 0 Å². The Kier molecular flexibility index (Phi) is 3.66. The quantitative estimate of drug-likeness (QED) is 0.604. The van der Waals surface area contributed by atoms with Crippen molar-refractivity contribution < 1.29 is 0 Å². The molecule has 0 heterocycles. The van der Waals surface area contributed by atoms with Crippen molar-refractivity contribution in [2.24, 2.45) is 0 Å². The summed E-state index contributed by atoms with van der Waals surface area (Å²) in [6.45, 7) is 6.44. The number of hydrogen-bond acceptors (Lipinski definition) is 0. The van der Waals surface area contributed by atoms with Crippen LogP contribution in [0.25, 0.3) is 0 Å². The molecule has 0 saturated heterocycles. The Labute approximate surface area is 73.0 Å². The van der Waals surface area contributed by atoms with Crippen LogP contribution in [0.2, 0.25) is 0 Å². The lowest BCUT2D eigenvalue weighted by molar-refractivity contribution is 1.27. The molecule has 0 aliphatic carbocycles. The number of rotatable bonds is 0. The van der Waals surface area contributed by atoms with Crippen LogP contribution >= 0.6 is 17.0 Å². The largest absolute Gasteiger partial charge is 0.114 e. The molecule has 1 heteroatoms. The van der Waals surface area contributed by atoms with Crippen LogP contribution in [-0.4, -0.2) is 0 Å². The predicted molar refractivity (Wildman–Crippen MR) is 51.0 cm³/mol. The van der Waals surface area contributed by atoms with E-state index in [1.807, 2.05) is 0 Å². The lowest BCUT2D eigenvalue weighted by Gasteiger charge is -2.00. The van der Waals surface area contributed by atoms with E-state index in [0.717, 1.165) is 0 Å². The van der Waals surface area contributed by atoms with Crippen LogP contribution in [0.15, 0.2) is 18.2 Å². The zero-order valence-corrected chi connectivity index (χ0v) is 8.35. The fourth-order valence-corrected chi connectivity index (χ4v) is 0.898. The van der Waals surface area contributed by atoms with Gasteiger partial charge in [-0.1, -0.05) is 18.2 Å². The Morgan fingerprint density at radius 3 is 1.60 bits per heavy atom. The topological polar surface area (TPSA) is 0 Å². The van der Waals surface area contributed by atoms with Gasteiger partial charge >= 0.3 is 0 Å². The van der Waals surface area contributed by atoms with Gasteiger partial charge in [0.1, 0.15) is 0 Å². The molecule has 0 N–H and O–H groups in total. The van der Waals surface area contributed by atoms with Crippen LogP contribution < -0.4 is 0 Å². The SMILES string of the molecule is Br.Cc1cccc(C)c1C. The molecule has 1 aromatic carbocycles. The van der Waals surface area contributed by atoms with Gasteiger partial charge in [-0.15, -0.1) is 17.0 Å². The van der Waals surface area contributed by atoms with E-state index in [9.17, 15) is 0 Å². The molecule has 0 aliphatic rings. The number of halogens is 1. The van der Waals surface area contributed by atoms with Gasteiger partial charge in [0, 0.05) is 0 Å². The standard InChI is InChI=1S/C9H12.BrH/c1-7-5-4-6-8(2)9(7)3;/h4-6H,1-3H3;1H. The highest BCUT2D eigenvalue weighted by Gasteiger charge is 1.91. The predicted octanol–water partition coefficient (Wildman–Crippen LogP) is 3.19. The van der Waals surface area contributed by atoms with Gasteiger partial charge in [-0.05, 0) is 37.5 Å². The van der Waals surface area contributed by atoms with Crippen LogP contribution in [0.4, 0.5) is 0 Å². The van der Waals surface area contributed by atoms with E-state index < -0.39 is 0 Å². The molecule has 0 nitrogen and oxygen atoms in total. The van der Waals surface area contributed by atoms with Crippen molar-refractivity contribution >= 4 is 17.0 Å². The van der Waals surface area contributed by atoms with Crippen molar-refractivity contribution in [3.8, 4) is 0 Å². The third kappa shape index (κ3) is 1.84. The van der Waals surface area contributed by atoms with E-state index in [1.165, 1.54) is 16.7 Å². The normalized spacial score (nSPS) is 8.70. The zero-order chi connectivity index (χ0) is 6.85. The molecule has 0 unspecified atom stereocenters. The van der Waals surface area contributed by atoms with Gasteiger partial charge in [-0.3, -0.25) is 0 Å². The van der Waals surface area contributed by atoms with Gasteiger partial charge < -0.3 is 0 Å². The molecule has 0 saturated carbocycles. The maximum Gasteiger partial charge on any atom is -0.0392 e. The molecule has 0 amide bonds. The van der Waals surface area contributed by atoms with Crippen molar-refractivity contribution in [1.29, 1.82) is 0 Å². The summed E-state index contributed by atoms with van der Waals surface area (Å²) in [7, 11) is 0. The second kappa shape index (κ2) is 3.77. The van der Waals surface area contributed by atoms with Crippen LogP contribution in [0.1, 0.15) is 16.7 Å². The minimum Gasteiger partial charge on any atom is -0.114 e. The minimum absolute atomic E-state index is 0. The Morgan fingerprint density at radius 2 is 1.30 bits per heavy atom. The molecule has 0 spiro atoms. The van der Waals surface area contributed by atoms with Crippen molar-refractivity contribution in [1.82, 2.24) is 0 Å². The Morgan fingerprint density at radius 1 is 0.900 bits per heavy atom. The van der Waals surface area contributed by atoms with Crippen molar-refractivity contribution in [3.05, 3.63) is 34.9 Å². The molecule has 0 aromatic heterocycles. The molecule has 0 radical (unpaired) electrons. The first-order valence-electron chi connectivity index (χ1n) is 3.24. The van der Waals surface area contributed by atoms with Gasteiger partial charge in [0.2, 0.25) is 0 Å². The second-order valence-electron chi connectivity index (χ2n) is 2.52. The van der Waals surface area contributed by atoms with Gasteiger partial charge in [-0.2, -0.15) is 0 Å². The van der Waals surface area contributed by atoms with E-state index in [4.69, 9.17) is 0 Å². The summed E-state index contributed by atoms with van der Waals surface area (Å²) in [4.78, 5) is 0. The van der Waals surface area contributed by atoms with Gasteiger partial charge in [0.25, 0.3) is 0 Å². The van der Waals surface area contributed by atoms with Crippen molar-refractivity contribution in [2.75, 3.05) is 0 Å². The molecule has 0 aliphatic heterocycles. The highest BCUT2D eigenvalue weighted by molar-refractivity contribution is 8.93. The van der Waals surface area contributed by atoms with E-state index in [0.29, 0.717) is 0 Å². The average molecular weight is 201 g/mol. The second-order valence-corrected chi connectivity index (χ2v) is 2.52. The summed E-state index contributed by atoms with van der Waals surface area (Å²) in [5, 5.41) is 0. The Hall–Kier alpha value is -0.300. The number of hydrogen-bond donors (Lipinski definition) is 0. The van der Waals surface area contributed by atoms with Crippen LogP contribution in [0, 0.1) is 20.8 Å². The smallest absolute Gasteiger partial charge is 0.0392 e. The first kappa shape index (κ1) is 9.70. The summed E-state index contributed by atoms with van der Waals surface area (Å²) >= 11 is 0. The maximum absolute atomic E-state index is 2.16. The fourth-order valence-electron chi connectivity index (χ4n) is 0.898. The van der Waals surface area contributed by atoms with E-state index in [1.54, 1.807) is 0 Å². The third-order valence-electron chi connectivity index (χ3n) is 1.88. The zero-order valence-electron chi connectivity index (χ0n) is 6.64. The lowest BCUT2D eigenvalue weighted by atomic mass is 10.1. The van der Waals surface area contributed by atoms with Gasteiger partial charge in [-0.25, -0.2) is 0 Å². The summed E-state index contributed by atoms with van der Waals surface area (Å²) in [6.07, 6.45) is 0. The first-order valence-corrected chi connectivity index (χ1v) is 3.24. The van der Waals surface area contributed by atoms with E-state index in [-0.39, 0.29) is 17.0 Å². The molecular formula is C9H13Br. The van der Waals surface area contributed by atoms with Crippen molar-refractivity contribution in [3.63, 3.8) is 0 Å².